The number of rotatable bonds is 6. The van der Waals surface area contributed by atoms with E-state index in [1.807, 2.05) is 0 Å². The van der Waals surface area contributed by atoms with Crippen LogP contribution in [0.2, 0.25) is 5.02 Å². The molecule has 7 nitrogen and oxygen atoms in total. The predicted octanol–water partition coefficient (Wildman–Crippen LogP) is 4.31. The Balaban J connectivity index is 1.78. The zero-order chi connectivity index (χ0) is 21.2. The summed E-state index contributed by atoms with van der Waals surface area (Å²) in [5, 5.41) is 3.03. The number of nitrogens with one attached hydrogen (secondary N) is 2. The van der Waals surface area contributed by atoms with Crippen LogP contribution in [0.25, 0.3) is 0 Å². The third-order valence-electron chi connectivity index (χ3n) is 3.76. The molecule has 11 heteroatoms. The number of aromatic nitrogens is 1. The van der Waals surface area contributed by atoms with E-state index in [9.17, 15) is 17.6 Å². The molecule has 29 heavy (non-hydrogen) atoms. The predicted molar refractivity (Wildman–Crippen MR) is 110 cm³/mol. The fourth-order valence-electron chi connectivity index (χ4n) is 2.37. The molecule has 1 amide bonds. The quantitative estimate of drug-likeness (QED) is 0.577. The van der Waals surface area contributed by atoms with Crippen molar-refractivity contribution in [3.05, 3.63) is 63.9 Å². The van der Waals surface area contributed by atoms with Gasteiger partial charge in [0.25, 0.3) is 15.9 Å². The van der Waals surface area contributed by atoms with Crippen LogP contribution in [0.15, 0.2) is 47.4 Å². The minimum atomic E-state index is -3.96. The van der Waals surface area contributed by atoms with Gasteiger partial charge in [0.1, 0.15) is 16.4 Å². The Labute approximate surface area is 175 Å². The van der Waals surface area contributed by atoms with Crippen LogP contribution in [0.5, 0.6) is 5.75 Å². The van der Waals surface area contributed by atoms with Gasteiger partial charge in [-0.3, -0.25) is 9.52 Å². The van der Waals surface area contributed by atoms with E-state index in [4.69, 9.17) is 16.3 Å². The van der Waals surface area contributed by atoms with Crippen molar-refractivity contribution >= 4 is 49.7 Å². The molecule has 1 heterocycles. The van der Waals surface area contributed by atoms with Crippen LogP contribution in [0.1, 0.15) is 15.4 Å². The van der Waals surface area contributed by atoms with Gasteiger partial charge in [-0.25, -0.2) is 17.8 Å². The molecule has 0 saturated carbocycles. The Morgan fingerprint density at radius 2 is 1.90 bits per heavy atom. The number of anilines is 2. The second kappa shape index (κ2) is 8.36. The van der Waals surface area contributed by atoms with E-state index in [1.165, 1.54) is 13.2 Å². The van der Waals surface area contributed by atoms with Crippen molar-refractivity contribution in [1.29, 1.82) is 0 Å². The maximum absolute atomic E-state index is 13.0. The monoisotopic (exact) mass is 455 g/mol. The number of thiazole rings is 1. The molecule has 1 aromatic heterocycles. The lowest BCUT2D eigenvalue weighted by atomic mass is 10.3. The van der Waals surface area contributed by atoms with Crippen molar-refractivity contribution in [3.63, 3.8) is 0 Å². The SMILES string of the molecule is COc1ccc(NC(=O)c2sc(NS(=O)(=O)c3ccc(F)cc3)nc2C)cc1Cl. The highest BCUT2D eigenvalue weighted by molar-refractivity contribution is 7.93. The smallest absolute Gasteiger partial charge is 0.267 e. The van der Waals surface area contributed by atoms with E-state index in [1.54, 1.807) is 19.1 Å². The first-order valence-corrected chi connectivity index (χ1v) is 10.8. The zero-order valence-electron chi connectivity index (χ0n) is 15.2. The van der Waals surface area contributed by atoms with Gasteiger partial charge >= 0.3 is 0 Å². The summed E-state index contributed by atoms with van der Waals surface area (Å²) < 4.78 is 45.2. The Kier molecular flexibility index (Phi) is 6.06. The van der Waals surface area contributed by atoms with Crippen molar-refractivity contribution in [2.75, 3.05) is 17.1 Å². The van der Waals surface area contributed by atoms with Gasteiger partial charge in [-0.05, 0) is 49.4 Å². The summed E-state index contributed by atoms with van der Waals surface area (Å²) in [6, 6.07) is 9.13. The van der Waals surface area contributed by atoms with E-state index >= 15 is 0 Å². The molecule has 2 N–H and O–H groups in total. The number of methoxy groups -OCH3 is 1. The number of carbonyl (C=O) groups is 1. The summed E-state index contributed by atoms with van der Waals surface area (Å²) >= 11 is 6.93. The van der Waals surface area contributed by atoms with E-state index in [0.717, 1.165) is 35.6 Å². The van der Waals surface area contributed by atoms with Gasteiger partial charge in [-0.2, -0.15) is 0 Å². The third-order valence-corrected chi connectivity index (χ3v) is 6.61. The maximum Gasteiger partial charge on any atom is 0.267 e. The minimum absolute atomic E-state index is 0.0183. The Bertz CT molecular complexity index is 1160. The Morgan fingerprint density at radius 1 is 1.21 bits per heavy atom. The summed E-state index contributed by atoms with van der Waals surface area (Å²) in [7, 11) is -2.48. The number of aryl methyl sites for hydroxylation is 1. The number of hydrogen-bond acceptors (Lipinski definition) is 6. The van der Waals surface area contributed by atoms with Crippen LogP contribution in [0.4, 0.5) is 15.2 Å². The van der Waals surface area contributed by atoms with Crippen LogP contribution >= 0.6 is 22.9 Å². The van der Waals surface area contributed by atoms with Gasteiger partial charge in [0, 0.05) is 5.69 Å². The van der Waals surface area contributed by atoms with Gasteiger partial charge < -0.3 is 10.1 Å². The number of nitrogens with zero attached hydrogens (tertiary/aromatic N) is 1. The molecule has 2 aromatic carbocycles. The van der Waals surface area contributed by atoms with Crippen LogP contribution in [0.3, 0.4) is 0 Å². The zero-order valence-corrected chi connectivity index (χ0v) is 17.6. The van der Waals surface area contributed by atoms with Crippen LogP contribution < -0.4 is 14.8 Å². The molecule has 0 saturated heterocycles. The number of carbonyl (C=O) groups excluding carboxylic acids is 1. The van der Waals surface area contributed by atoms with Crippen molar-refractivity contribution in [2.24, 2.45) is 0 Å². The number of benzene rings is 2. The summed E-state index contributed by atoms with van der Waals surface area (Å²) in [6.07, 6.45) is 0. The van der Waals surface area contributed by atoms with E-state index in [0.29, 0.717) is 22.2 Å². The van der Waals surface area contributed by atoms with Crippen molar-refractivity contribution < 1.29 is 22.3 Å². The second-order valence-corrected chi connectivity index (χ2v) is 8.89. The molecule has 0 aliphatic rings. The van der Waals surface area contributed by atoms with Crippen molar-refractivity contribution in [2.45, 2.75) is 11.8 Å². The van der Waals surface area contributed by atoms with Gasteiger partial charge in [-0.1, -0.05) is 22.9 Å². The topological polar surface area (TPSA) is 97.4 Å². The fourth-order valence-corrected chi connectivity index (χ4v) is 4.72. The van der Waals surface area contributed by atoms with Crippen molar-refractivity contribution in [3.8, 4) is 5.75 Å². The van der Waals surface area contributed by atoms with E-state index in [-0.39, 0.29) is 14.9 Å². The van der Waals surface area contributed by atoms with E-state index in [2.05, 4.69) is 15.0 Å². The lowest BCUT2D eigenvalue weighted by Gasteiger charge is -2.07. The van der Waals surface area contributed by atoms with Gasteiger partial charge in [0.05, 0.1) is 22.7 Å². The molecule has 0 unspecified atom stereocenters. The fraction of sp³-hybridized carbons (Fsp3) is 0.111. The molecule has 0 bridgehead atoms. The number of halogens is 2. The number of sulfonamides is 1. The summed E-state index contributed by atoms with van der Waals surface area (Å²) in [4.78, 5) is 16.8. The standard InChI is InChI=1S/C18H15ClFN3O4S2/c1-10-16(17(24)22-12-5-8-15(27-2)14(19)9-12)28-18(21-10)23-29(25,26)13-6-3-11(20)4-7-13/h3-9H,1-2H3,(H,21,23)(H,22,24). The van der Waals surface area contributed by atoms with Crippen LogP contribution in [-0.4, -0.2) is 26.4 Å². The second-order valence-electron chi connectivity index (χ2n) is 5.80. The van der Waals surface area contributed by atoms with Crippen LogP contribution in [-0.2, 0) is 10.0 Å². The Morgan fingerprint density at radius 3 is 2.52 bits per heavy atom. The Hall–Kier alpha value is -2.69. The average molecular weight is 456 g/mol. The molecular weight excluding hydrogens is 441 g/mol. The van der Waals surface area contributed by atoms with Crippen LogP contribution in [0, 0.1) is 12.7 Å². The van der Waals surface area contributed by atoms with Gasteiger partial charge in [-0.15, -0.1) is 0 Å². The summed E-state index contributed by atoms with van der Waals surface area (Å²) in [5.41, 5.74) is 0.797. The molecule has 152 valence electrons. The molecule has 3 rings (SSSR count). The molecule has 0 aliphatic heterocycles. The third kappa shape index (κ3) is 4.84. The molecule has 3 aromatic rings. The molecule has 0 fully saturated rings. The normalized spacial score (nSPS) is 11.2. The average Bonchev–Trinajstić information content (AvgIpc) is 3.02. The molecular formula is C18H15ClFN3O4S2. The highest BCUT2D eigenvalue weighted by Crippen LogP contribution is 2.29. The van der Waals surface area contributed by atoms with Crippen molar-refractivity contribution in [1.82, 2.24) is 4.98 Å². The highest BCUT2D eigenvalue weighted by atomic mass is 35.5. The van der Waals surface area contributed by atoms with Gasteiger partial charge in [0.2, 0.25) is 0 Å². The maximum atomic E-state index is 13.0. The first-order chi connectivity index (χ1) is 13.7. The summed E-state index contributed by atoms with van der Waals surface area (Å²) in [5.74, 6) is -0.545. The summed E-state index contributed by atoms with van der Waals surface area (Å²) in [6.45, 7) is 1.59. The minimum Gasteiger partial charge on any atom is -0.495 e. The molecule has 0 spiro atoms. The first kappa shape index (κ1) is 21.0. The number of amides is 1. The number of hydrogen-bond donors (Lipinski definition) is 2. The first-order valence-electron chi connectivity index (χ1n) is 8.10. The number of ether oxygens (including phenoxy) is 1. The molecule has 0 aliphatic carbocycles. The lowest BCUT2D eigenvalue weighted by molar-refractivity contribution is 0.103. The lowest BCUT2D eigenvalue weighted by Crippen LogP contribution is -2.12. The van der Waals surface area contributed by atoms with Gasteiger partial charge in [0.15, 0.2) is 5.13 Å². The van der Waals surface area contributed by atoms with E-state index < -0.39 is 21.7 Å². The molecule has 0 atom stereocenters. The highest BCUT2D eigenvalue weighted by Gasteiger charge is 2.20. The largest absolute Gasteiger partial charge is 0.495 e. The molecule has 0 radical (unpaired) electrons.